The van der Waals surface area contributed by atoms with Crippen LogP contribution in [0, 0.1) is 66.1 Å². The molecule has 0 atom stereocenters. The Morgan fingerprint density at radius 3 is 1.74 bits per heavy atom. The highest BCUT2D eigenvalue weighted by Gasteiger charge is 2.06. The highest BCUT2D eigenvalue weighted by Crippen LogP contribution is 2.06. The Balaban J connectivity index is 0. The number of rotatable bonds is 3. The molecule has 0 N–H and O–H groups in total. The van der Waals surface area contributed by atoms with Gasteiger partial charge in [0.15, 0.2) is 5.82 Å². The molecule has 0 aliphatic carbocycles. The Morgan fingerprint density at radius 1 is 0.913 bits per heavy atom. The van der Waals surface area contributed by atoms with Crippen LogP contribution in [-0.2, 0) is 6.54 Å². The van der Waals surface area contributed by atoms with Gasteiger partial charge in [0.25, 0.3) is 0 Å². The van der Waals surface area contributed by atoms with E-state index in [1.54, 1.807) is 4.80 Å². The van der Waals surface area contributed by atoms with E-state index < -0.39 is 0 Å². The molecule has 23 heavy (non-hydrogen) atoms. The minimum absolute atomic E-state index is 0. The van der Waals surface area contributed by atoms with Crippen molar-refractivity contribution in [2.75, 3.05) is 0 Å². The lowest BCUT2D eigenvalue weighted by molar-refractivity contribution is 0.428. The largest absolute Gasteiger partial charge is 0.177 e. The third kappa shape index (κ3) is 12.3. The van der Waals surface area contributed by atoms with Crippen molar-refractivity contribution in [2.45, 2.75) is 47.6 Å². The van der Waals surface area contributed by atoms with Crippen molar-refractivity contribution in [1.29, 1.82) is 0 Å². The van der Waals surface area contributed by atoms with Crippen molar-refractivity contribution in [1.82, 2.24) is 20.2 Å². The molecule has 4 nitrogen and oxygen atoms in total. The first kappa shape index (κ1) is 22.2. The lowest BCUT2D eigenvalue weighted by Crippen LogP contribution is -2.08. The molecule has 4 heteroatoms. The second-order valence-corrected chi connectivity index (χ2v) is 4.79. The van der Waals surface area contributed by atoms with E-state index >= 15 is 0 Å². The molecule has 0 unspecified atom stereocenters. The molecule has 0 aliphatic heterocycles. The molecule has 1 aromatic rings. The predicted octanol–water partition coefficient (Wildman–Crippen LogP) is 2.35. The third-order valence-corrected chi connectivity index (χ3v) is 1.97. The van der Waals surface area contributed by atoms with Crippen molar-refractivity contribution < 1.29 is 0 Å². The number of hydrogen-bond donors (Lipinski definition) is 0. The van der Waals surface area contributed by atoms with Gasteiger partial charge in [0.05, 0.1) is 6.54 Å². The van der Waals surface area contributed by atoms with E-state index in [-0.39, 0.29) is 7.43 Å². The zero-order chi connectivity index (χ0) is 16.8. The zero-order valence-corrected chi connectivity index (χ0v) is 13.3. The molecule has 0 bridgehead atoms. The summed E-state index contributed by atoms with van der Waals surface area (Å²) in [6, 6.07) is 0. The van der Waals surface area contributed by atoms with Gasteiger partial charge in [-0.1, -0.05) is 35.1 Å². The summed E-state index contributed by atoms with van der Waals surface area (Å²) in [6.07, 6.45) is 9.62. The molecule has 0 spiro atoms. The normalized spacial score (nSPS) is 7.48. The van der Waals surface area contributed by atoms with Gasteiger partial charge in [-0.05, 0) is 58.5 Å². The summed E-state index contributed by atoms with van der Waals surface area (Å²) in [7, 11) is 0. The van der Waals surface area contributed by atoms with Crippen LogP contribution in [0.15, 0.2) is 0 Å². The van der Waals surface area contributed by atoms with Crippen LogP contribution in [-0.4, -0.2) is 20.2 Å². The first-order valence-electron chi connectivity index (χ1n) is 6.70. The molecular formula is C19H22N4. The van der Waals surface area contributed by atoms with Gasteiger partial charge in [0.1, 0.15) is 0 Å². The molecular weight excluding hydrogens is 284 g/mol. The fraction of sp³-hybridized carbons (Fsp3) is 0.421. The van der Waals surface area contributed by atoms with Crippen LogP contribution >= 0.6 is 0 Å². The van der Waals surface area contributed by atoms with Gasteiger partial charge < -0.3 is 0 Å². The van der Waals surface area contributed by atoms with Gasteiger partial charge in [-0.2, -0.15) is 4.80 Å². The standard InChI is InChI=1S/C10H2.C8H16N4.CH4/c1-3-5-7-9-10-8-6-4-2;1-6(2)5-12-10-8(7(3)4)9-11-12;/h1-2H;6-7H,5H2,1-4H3;1H4. The molecule has 0 aliphatic rings. The Morgan fingerprint density at radius 2 is 1.39 bits per heavy atom. The Hall–Kier alpha value is -3.13. The molecule has 1 rings (SSSR count). The van der Waals surface area contributed by atoms with Crippen LogP contribution < -0.4 is 0 Å². The molecule has 0 saturated heterocycles. The van der Waals surface area contributed by atoms with E-state index in [1.165, 1.54) is 0 Å². The van der Waals surface area contributed by atoms with E-state index in [0.29, 0.717) is 11.8 Å². The molecule has 0 radical (unpaired) electrons. The summed E-state index contributed by atoms with van der Waals surface area (Å²) in [6.45, 7) is 9.25. The van der Waals surface area contributed by atoms with Crippen LogP contribution in [0.4, 0.5) is 0 Å². The summed E-state index contributed by atoms with van der Waals surface area (Å²) in [4.78, 5) is 1.67. The van der Waals surface area contributed by atoms with Gasteiger partial charge in [-0.3, -0.25) is 0 Å². The fourth-order valence-corrected chi connectivity index (χ4v) is 1.09. The number of aromatic nitrogens is 4. The highest BCUT2D eigenvalue weighted by molar-refractivity contribution is 5.41. The van der Waals surface area contributed by atoms with Gasteiger partial charge in [0, 0.05) is 5.92 Å². The van der Waals surface area contributed by atoms with E-state index in [1.807, 2.05) is 0 Å². The van der Waals surface area contributed by atoms with Crippen LogP contribution in [0.25, 0.3) is 0 Å². The first-order chi connectivity index (χ1) is 10.5. The van der Waals surface area contributed by atoms with Crippen molar-refractivity contribution >= 4 is 0 Å². The smallest absolute Gasteiger partial charge is 0.164 e. The average molecular weight is 306 g/mol. The number of hydrogen-bond acceptors (Lipinski definition) is 3. The summed E-state index contributed by atoms with van der Waals surface area (Å²) < 4.78 is 0. The second-order valence-electron chi connectivity index (χ2n) is 4.79. The van der Waals surface area contributed by atoms with Crippen molar-refractivity contribution in [2.24, 2.45) is 5.92 Å². The quantitative estimate of drug-likeness (QED) is 0.805. The summed E-state index contributed by atoms with van der Waals surface area (Å²) in [5.41, 5.74) is 0. The average Bonchev–Trinajstić information content (AvgIpc) is 2.91. The Labute approximate surface area is 140 Å². The minimum atomic E-state index is 0. The topological polar surface area (TPSA) is 43.6 Å². The Kier molecular flexibility index (Phi) is 13.3. The molecule has 1 heterocycles. The van der Waals surface area contributed by atoms with Gasteiger partial charge in [-0.15, -0.1) is 23.0 Å². The zero-order valence-electron chi connectivity index (χ0n) is 13.3. The van der Waals surface area contributed by atoms with Gasteiger partial charge in [0.2, 0.25) is 0 Å². The van der Waals surface area contributed by atoms with E-state index in [4.69, 9.17) is 12.8 Å². The molecule has 1 aromatic heterocycles. The van der Waals surface area contributed by atoms with E-state index in [2.05, 4.69) is 90.5 Å². The van der Waals surface area contributed by atoms with Crippen molar-refractivity contribution in [3.8, 4) is 60.2 Å². The SMILES string of the molecule is C.C#CC#CC#CC#CC#C.CC(C)Cn1nnc(C(C)C)n1. The minimum Gasteiger partial charge on any atom is -0.164 e. The monoisotopic (exact) mass is 306 g/mol. The number of terminal acetylenes is 2. The number of tetrazole rings is 1. The summed E-state index contributed by atoms with van der Waals surface area (Å²) in [5, 5.41) is 12.1. The van der Waals surface area contributed by atoms with Crippen LogP contribution in [0.2, 0.25) is 0 Å². The predicted molar refractivity (Wildman–Crippen MR) is 94.5 cm³/mol. The van der Waals surface area contributed by atoms with Crippen LogP contribution in [0.3, 0.4) is 0 Å². The van der Waals surface area contributed by atoms with Gasteiger partial charge in [-0.25, -0.2) is 0 Å². The molecule has 0 amide bonds. The highest BCUT2D eigenvalue weighted by atomic mass is 15.6. The van der Waals surface area contributed by atoms with Crippen molar-refractivity contribution in [3.05, 3.63) is 5.82 Å². The first-order valence-corrected chi connectivity index (χ1v) is 6.70. The Bertz CT molecular complexity index is 684. The van der Waals surface area contributed by atoms with Crippen LogP contribution in [0.5, 0.6) is 0 Å². The maximum atomic E-state index is 4.81. The van der Waals surface area contributed by atoms with Gasteiger partial charge >= 0.3 is 0 Å². The van der Waals surface area contributed by atoms with E-state index in [9.17, 15) is 0 Å². The van der Waals surface area contributed by atoms with Crippen molar-refractivity contribution in [3.63, 3.8) is 0 Å². The lowest BCUT2D eigenvalue weighted by atomic mass is 10.2. The summed E-state index contributed by atoms with van der Waals surface area (Å²) in [5.74, 6) is 20.1. The molecule has 0 saturated carbocycles. The fourth-order valence-electron chi connectivity index (χ4n) is 1.09. The third-order valence-electron chi connectivity index (χ3n) is 1.97. The molecule has 0 aromatic carbocycles. The maximum Gasteiger partial charge on any atom is 0.177 e. The summed E-state index contributed by atoms with van der Waals surface area (Å²) >= 11 is 0. The van der Waals surface area contributed by atoms with E-state index in [0.717, 1.165) is 12.4 Å². The van der Waals surface area contributed by atoms with Crippen LogP contribution in [0.1, 0.15) is 46.9 Å². The molecule has 0 fully saturated rings. The maximum absolute atomic E-state index is 4.81. The molecule has 118 valence electrons. The number of nitrogens with zero attached hydrogens (tertiary/aromatic N) is 4. The lowest BCUT2D eigenvalue weighted by Gasteiger charge is -2.00. The second kappa shape index (κ2) is 13.8.